The monoisotopic (exact) mass is 462 g/mol. The number of hydrogen-bond acceptors (Lipinski definition) is 6. The highest BCUT2D eigenvalue weighted by Gasteiger charge is 2.43. The van der Waals surface area contributed by atoms with Gasteiger partial charge in [-0.05, 0) is 24.1 Å². The topological polar surface area (TPSA) is 97.0 Å². The molecule has 158 valence electrons. The molecule has 2 N–H and O–H groups in total. The second kappa shape index (κ2) is 7.24. The lowest BCUT2D eigenvalue weighted by atomic mass is 9.98. The van der Waals surface area contributed by atoms with Crippen molar-refractivity contribution in [2.45, 2.75) is 12.6 Å². The number of halogens is 3. The van der Waals surface area contributed by atoms with Gasteiger partial charge in [-0.2, -0.15) is 5.10 Å². The van der Waals surface area contributed by atoms with Crippen molar-refractivity contribution in [3.63, 3.8) is 0 Å². The number of aromatic amines is 1. The number of anilines is 1. The van der Waals surface area contributed by atoms with Crippen LogP contribution in [0.4, 0.5) is 13.9 Å². The van der Waals surface area contributed by atoms with E-state index in [0.29, 0.717) is 31.9 Å². The van der Waals surface area contributed by atoms with Crippen LogP contribution in [0.5, 0.6) is 0 Å². The van der Waals surface area contributed by atoms with Crippen molar-refractivity contribution in [1.29, 1.82) is 0 Å². The number of esters is 1. The molecule has 1 aliphatic carbocycles. The Labute approximate surface area is 182 Å². The minimum Gasteiger partial charge on any atom is -0.465 e. The number of benzene rings is 2. The summed E-state index contributed by atoms with van der Waals surface area (Å²) in [5.74, 6) is -2.80. The zero-order valence-electron chi connectivity index (χ0n) is 15.8. The molecule has 0 unspecified atom stereocenters. The Balaban J connectivity index is 1.59. The van der Waals surface area contributed by atoms with Gasteiger partial charge in [-0.25, -0.2) is 18.6 Å². The van der Waals surface area contributed by atoms with Crippen LogP contribution in [0.15, 0.2) is 24.4 Å². The second-order valence-electron chi connectivity index (χ2n) is 7.08. The molecule has 4 aromatic rings. The van der Waals surface area contributed by atoms with Crippen LogP contribution in [0, 0.1) is 11.7 Å². The third-order valence-electron chi connectivity index (χ3n) is 5.14. The fourth-order valence-electron chi connectivity index (χ4n) is 3.46. The Morgan fingerprint density at radius 1 is 1.39 bits per heavy atom. The van der Waals surface area contributed by atoms with Crippen LogP contribution in [0.3, 0.4) is 0 Å². The number of alkyl halides is 1. The first-order valence-corrected chi connectivity index (χ1v) is 10.4. The van der Waals surface area contributed by atoms with Gasteiger partial charge in [-0.15, -0.1) is 0 Å². The molecule has 1 fully saturated rings. The maximum Gasteiger partial charge on any atom is 0.343 e. The van der Waals surface area contributed by atoms with E-state index in [1.54, 1.807) is 18.2 Å². The molecule has 2 aromatic heterocycles. The summed E-state index contributed by atoms with van der Waals surface area (Å²) in [4.78, 5) is 28.4. The molecule has 0 saturated heterocycles. The van der Waals surface area contributed by atoms with E-state index in [1.807, 2.05) is 0 Å². The molecule has 31 heavy (non-hydrogen) atoms. The summed E-state index contributed by atoms with van der Waals surface area (Å²) in [5, 5.41) is 9.75. The SMILES string of the molecule is COC(=O)c1c(F)c(Cl)c(-c2ccc3nc(NC(=O)[C@@H]4C[C@@H]4F)sc3c2)c2cn[nH]c12. The van der Waals surface area contributed by atoms with E-state index in [1.165, 1.54) is 17.5 Å². The minimum atomic E-state index is -1.09. The summed E-state index contributed by atoms with van der Waals surface area (Å²) < 4.78 is 33.5. The van der Waals surface area contributed by atoms with E-state index in [4.69, 9.17) is 11.6 Å². The molecule has 7 nitrogen and oxygen atoms in total. The average molecular weight is 463 g/mol. The van der Waals surface area contributed by atoms with Crippen molar-refractivity contribution in [3.8, 4) is 11.1 Å². The molecule has 0 bridgehead atoms. The quantitative estimate of drug-likeness (QED) is 0.428. The van der Waals surface area contributed by atoms with Crippen molar-refractivity contribution in [1.82, 2.24) is 15.2 Å². The van der Waals surface area contributed by atoms with Crippen molar-refractivity contribution >= 4 is 61.1 Å². The number of thiazole rings is 1. The molecule has 2 aromatic carbocycles. The number of amides is 1. The van der Waals surface area contributed by atoms with Crippen molar-refractivity contribution in [2.75, 3.05) is 12.4 Å². The molecular formula is C20H13ClF2N4O3S. The Hall–Kier alpha value is -3.11. The molecule has 0 aliphatic heterocycles. The van der Waals surface area contributed by atoms with Crippen molar-refractivity contribution in [3.05, 3.63) is 40.8 Å². The Kier molecular flexibility index (Phi) is 4.63. The van der Waals surface area contributed by atoms with Crippen LogP contribution < -0.4 is 5.32 Å². The van der Waals surface area contributed by atoms with Gasteiger partial charge < -0.3 is 10.1 Å². The summed E-state index contributed by atoms with van der Waals surface area (Å²) >= 11 is 7.53. The van der Waals surface area contributed by atoms with Crippen LogP contribution in [0.1, 0.15) is 16.8 Å². The van der Waals surface area contributed by atoms with Crippen LogP contribution in [0.25, 0.3) is 32.2 Å². The molecule has 1 amide bonds. The number of nitrogens with zero attached hydrogens (tertiary/aromatic N) is 2. The van der Waals surface area contributed by atoms with Crippen LogP contribution in [-0.2, 0) is 9.53 Å². The number of fused-ring (bicyclic) bond motifs is 2. The lowest BCUT2D eigenvalue weighted by molar-refractivity contribution is -0.117. The Morgan fingerprint density at radius 2 is 2.16 bits per heavy atom. The molecule has 0 spiro atoms. The van der Waals surface area contributed by atoms with E-state index < -0.39 is 29.8 Å². The fraction of sp³-hybridized carbons (Fsp3) is 0.200. The number of carbonyl (C=O) groups excluding carboxylic acids is 2. The zero-order valence-corrected chi connectivity index (χ0v) is 17.4. The van der Waals surface area contributed by atoms with Gasteiger partial charge in [-0.3, -0.25) is 9.89 Å². The summed E-state index contributed by atoms with van der Waals surface area (Å²) in [5.41, 5.74) is 1.40. The maximum absolute atomic E-state index is 15.0. The maximum atomic E-state index is 15.0. The predicted octanol–water partition coefficient (Wildman–Crippen LogP) is 4.72. The highest BCUT2D eigenvalue weighted by molar-refractivity contribution is 7.22. The first-order valence-electron chi connectivity index (χ1n) is 9.17. The Morgan fingerprint density at radius 3 is 2.87 bits per heavy atom. The molecule has 2 atom stereocenters. The largest absolute Gasteiger partial charge is 0.465 e. The number of rotatable bonds is 4. The van der Waals surface area contributed by atoms with Crippen molar-refractivity contribution < 1.29 is 23.1 Å². The van der Waals surface area contributed by atoms with E-state index >= 15 is 0 Å². The third-order valence-corrected chi connectivity index (χ3v) is 6.42. The lowest BCUT2D eigenvalue weighted by Crippen LogP contribution is -2.14. The Bertz CT molecular complexity index is 1390. The average Bonchev–Trinajstić information content (AvgIpc) is 3.12. The summed E-state index contributed by atoms with van der Waals surface area (Å²) in [7, 11) is 1.15. The zero-order chi connectivity index (χ0) is 21.9. The molecule has 2 heterocycles. The first kappa shape index (κ1) is 19.8. The summed E-state index contributed by atoms with van der Waals surface area (Å²) in [6, 6.07) is 5.17. The normalized spacial score (nSPS) is 17.8. The van der Waals surface area contributed by atoms with E-state index in [0.717, 1.165) is 7.11 Å². The number of nitrogens with one attached hydrogen (secondary N) is 2. The van der Waals surface area contributed by atoms with Gasteiger partial charge in [0.05, 0.1) is 40.0 Å². The molecule has 11 heteroatoms. The summed E-state index contributed by atoms with van der Waals surface area (Å²) in [6.45, 7) is 0. The third kappa shape index (κ3) is 3.22. The number of aromatic nitrogens is 3. The van der Waals surface area contributed by atoms with E-state index in [-0.39, 0.29) is 22.5 Å². The molecule has 0 radical (unpaired) electrons. The van der Waals surface area contributed by atoms with E-state index in [2.05, 4.69) is 25.2 Å². The van der Waals surface area contributed by atoms with Gasteiger partial charge in [0.25, 0.3) is 0 Å². The number of hydrogen-bond donors (Lipinski definition) is 2. The van der Waals surface area contributed by atoms with E-state index in [9.17, 15) is 18.4 Å². The number of methoxy groups -OCH3 is 1. The van der Waals surface area contributed by atoms with Gasteiger partial charge in [-0.1, -0.05) is 29.0 Å². The second-order valence-corrected chi connectivity index (χ2v) is 8.49. The first-order chi connectivity index (χ1) is 14.9. The molecule has 5 rings (SSSR count). The molecule has 1 aliphatic rings. The lowest BCUT2D eigenvalue weighted by Gasteiger charge is -2.11. The predicted molar refractivity (Wildman–Crippen MR) is 113 cm³/mol. The van der Waals surface area contributed by atoms with Gasteiger partial charge in [0.15, 0.2) is 10.9 Å². The molecule has 1 saturated carbocycles. The van der Waals surface area contributed by atoms with Crippen LogP contribution >= 0.6 is 22.9 Å². The minimum absolute atomic E-state index is 0.173. The van der Waals surface area contributed by atoms with Crippen LogP contribution in [0.2, 0.25) is 5.02 Å². The van der Waals surface area contributed by atoms with Gasteiger partial charge >= 0.3 is 5.97 Å². The standard InChI is InChI=1S/C20H13ClF2N4O3S/c1-30-19(29)14-16(23)15(21)13(9-6-24-27-17(9)14)7-2-3-11-12(4-7)31-20(25-11)26-18(28)8-5-10(8)22/h2-4,6,8,10H,5H2,1H3,(H,24,27)(H,25,26,28)/t8-,10+/m1/s1. The van der Waals surface area contributed by atoms with Gasteiger partial charge in [0.2, 0.25) is 5.91 Å². The van der Waals surface area contributed by atoms with Gasteiger partial charge in [0.1, 0.15) is 11.7 Å². The number of H-pyrrole nitrogens is 1. The summed E-state index contributed by atoms with van der Waals surface area (Å²) in [6.07, 6.45) is 0.588. The van der Waals surface area contributed by atoms with Crippen molar-refractivity contribution in [2.24, 2.45) is 5.92 Å². The number of carbonyl (C=O) groups is 2. The fourth-order valence-corrected chi connectivity index (χ4v) is 4.67. The van der Waals surface area contributed by atoms with Crippen LogP contribution in [-0.4, -0.2) is 40.3 Å². The highest BCUT2D eigenvalue weighted by atomic mass is 35.5. The number of ether oxygens (including phenoxy) is 1. The van der Waals surface area contributed by atoms with Gasteiger partial charge in [0, 0.05) is 10.9 Å². The smallest absolute Gasteiger partial charge is 0.343 e. The molecular weight excluding hydrogens is 450 g/mol. The highest BCUT2D eigenvalue weighted by Crippen LogP contribution is 2.41.